The Balaban J connectivity index is 1.67. The fraction of sp³-hybridized carbons (Fsp3) is 0.316. The van der Waals surface area contributed by atoms with Crippen LogP contribution in [0.15, 0.2) is 53.4 Å². The molecule has 2 aromatic carbocycles. The van der Waals surface area contributed by atoms with Crippen molar-refractivity contribution in [1.29, 1.82) is 0 Å². The molecule has 0 bridgehead atoms. The van der Waals surface area contributed by atoms with Crippen LogP contribution in [0.1, 0.15) is 6.42 Å². The molecule has 144 valence electrons. The number of sulfonamides is 1. The molecule has 0 radical (unpaired) electrons. The zero-order valence-electron chi connectivity index (χ0n) is 15.2. The minimum Gasteiger partial charge on any atom is -0.493 e. The molecule has 0 unspecified atom stereocenters. The first-order valence-electron chi connectivity index (χ1n) is 8.51. The van der Waals surface area contributed by atoms with Gasteiger partial charge in [-0.1, -0.05) is 18.2 Å². The lowest BCUT2D eigenvalue weighted by molar-refractivity contribution is -0.117. The quantitative estimate of drug-likeness (QED) is 0.782. The van der Waals surface area contributed by atoms with Gasteiger partial charge < -0.3 is 14.4 Å². The van der Waals surface area contributed by atoms with Crippen molar-refractivity contribution in [2.75, 3.05) is 32.2 Å². The van der Waals surface area contributed by atoms with Gasteiger partial charge in [0.2, 0.25) is 15.9 Å². The molecule has 7 nitrogen and oxygen atoms in total. The number of nitrogens with one attached hydrogen (secondary N) is 1. The number of para-hydroxylation sites is 1. The number of amides is 1. The van der Waals surface area contributed by atoms with Crippen LogP contribution in [0.25, 0.3) is 0 Å². The van der Waals surface area contributed by atoms with E-state index >= 15 is 0 Å². The zero-order chi connectivity index (χ0) is 19.4. The van der Waals surface area contributed by atoms with Crippen LogP contribution >= 0.6 is 0 Å². The van der Waals surface area contributed by atoms with Gasteiger partial charge in [0.1, 0.15) is 0 Å². The van der Waals surface area contributed by atoms with Gasteiger partial charge in [0.25, 0.3) is 0 Å². The van der Waals surface area contributed by atoms with Crippen LogP contribution in [-0.4, -0.2) is 41.6 Å². The van der Waals surface area contributed by atoms with Gasteiger partial charge >= 0.3 is 0 Å². The fourth-order valence-corrected chi connectivity index (χ4v) is 4.20. The van der Waals surface area contributed by atoms with Crippen LogP contribution in [0.3, 0.4) is 0 Å². The van der Waals surface area contributed by atoms with E-state index in [-0.39, 0.29) is 23.3 Å². The summed E-state index contributed by atoms with van der Waals surface area (Å²) in [5.74, 6) is 0.701. The normalized spacial score (nSPS) is 17.2. The third kappa shape index (κ3) is 4.23. The van der Waals surface area contributed by atoms with Gasteiger partial charge in [0.15, 0.2) is 11.5 Å². The van der Waals surface area contributed by atoms with E-state index in [0.29, 0.717) is 24.5 Å². The monoisotopic (exact) mass is 390 g/mol. The summed E-state index contributed by atoms with van der Waals surface area (Å²) in [6, 6.07) is 13.8. The first-order chi connectivity index (χ1) is 12.9. The molecule has 0 aliphatic carbocycles. The summed E-state index contributed by atoms with van der Waals surface area (Å²) < 4.78 is 38.0. The fourth-order valence-electron chi connectivity index (χ4n) is 3.07. The average Bonchev–Trinajstić information content (AvgIpc) is 3.07. The standard InChI is InChI=1S/C19H22N2O5S/c1-25-17-9-8-16(11-18(17)26-2)27(23,24)20-12-14-10-19(22)21(13-14)15-6-4-3-5-7-15/h3-9,11,14,20H,10,12-13H2,1-2H3/t14-/m0/s1. The van der Waals surface area contributed by atoms with Crippen LogP contribution in [0, 0.1) is 5.92 Å². The van der Waals surface area contributed by atoms with Gasteiger partial charge in [-0.3, -0.25) is 4.79 Å². The van der Waals surface area contributed by atoms with Gasteiger partial charge in [-0.2, -0.15) is 0 Å². The van der Waals surface area contributed by atoms with Gasteiger partial charge in [-0.25, -0.2) is 13.1 Å². The number of carbonyl (C=O) groups excluding carboxylic acids is 1. The van der Waals surface area contributed by atoms with E-state index in [9.17, 15) is 13.2 Å². The molecule has 1 atom stereocenters. The van der Waals surface area contributed by atoms with Crippen molar-refractivity contribution in [3.05, 3.63) is 48.5 Å². The maximum Gasteiger partial charge on any atom is 0.240 e. The van der Waals surface area contributed by atoms with Crippen LogP contribution in [0.2, 0.25) is 0 Å². The number of hydrogen-bond acceptors (Lipinski definition) is 5. The van der Waals surface area contributed by atoms with Crippen LogP contribution in [0.5, 0.6) is 11.5 Å². The highest BCUT2D eigenvalue weighted by Gasteiger charge is 2.31. The van der Waals surface area contributed by atoms with Crippen molar-refractivity contribution in [2.45, 2.75) is 11.3 Å². The summed E-state index contributed by atoms with van der Waals surface area (Å²) in [5.41, 5.74) is 0.827. The number of carbonyl (C=O) groups is 1. The van der Waals surface area contributed by atoms with E-state index in [2.05, 4.69) is 4.72 Å². The van der Waals surface area contributed by atoms with E-state index in [4.69, 9.17) is 9.47 Å². The molecule has 2 aromatic rings. The second kappa shape index (κ2) is 7.98. The van der Waals surface area contributed by atoms with Gasteiger partial charge in [0.05, 0.1) is 19.1 Å². The Kier molecular flexibility index (Phi) is 5.67. The highest BCUT2D eigenvalue weighted by molar-refractivity contribution is 7.89. The maximum atomic E-state index is 12.6. The zero-order valence-corrected chi connectivity index (χ0v) is 16.0. The summed E-state index contributed by atoms with van der Waals surface area (Å²) in [5, 5.41) is 0. The largest absolute Gasteiger partial charge is 0.493 e. The molecule has 1 N–H and O–H groups in total. The van der Waals surface area contributed by atoms with Crippen LogP contribution in [0.4, 0.5) is 5.69 Å². The van der Waals surface area contributed by atoms with E-state index in [1.165, 1.54) is 26.4 Å². The predicted molar refractivity (Wildman–Crippen MR) is 102 cm³/mol. The predicted octanol–water partition coefficient (Wildman–Crippen LogP) is 2.04. The van der Waals surface area contributed by atoms with Crippen LogP contribution in [-0.2, 0) is 14.8 Å². The molecule has 0 saturated carbocycles. The highest BCUT2D eigenvalue weighted by atomic mass is 32.2. The van der Waals surface area contributed by atoms with Crippen LogP contribution < -0.4 is 19.1 Å². The summed E-state index contributed by atoms with van der Waals surface area (Å²) in [4.78, 5) is 14.0. The first kappa shape index (κ1) is 19.2. The lowest BCUT2D eigenvalue weighted by Crippen LogP contribution is -2.31. The van der Waals surface area contributed by atoms with E-state index in [1.54, 1.807) is 11.0 Å². The van der Waals surface area contributed by atoms with Crippen molar-refractivity contribution in [2.24, 2.45) is 5.92 Å². The molecule has 3 rings (SSSR count). The molecule has 1 amide bonds. The molecule has 1 saturated heterocycles. The van der Waals surface area contributed by atoms with E-state index in [1.807, 2.05) is 30.3 Å². The second-order valence-electron chi connectivity index (χ2n) is 6.28. The molecule has 1 heterocycles. The molecule has 27 heavy (non-hydrogen) atoms. The van der Waals surface area contributed by atoms with Crippen molar-refractivity contribution in [3.8, 4) is 11.5 Å². The van der Waals surface area contributed by atoms with E-state index in [0.717, 1.165) is 5.69 Å². The molecule has 1 aliphatic heterocycles. The number of hydrogen-bond donors (Lipinski definition) is 1. The molecule has 8 heteroatoms. The number of benzene rings is 2. The first-order valence-corrected chi connectivity index (χ1v) is 10.00. The molecule has 0 aromatic heterocycles. The topological polar surface area (TPSA) is 84.9 Å². The minimum absolute atomic E-state index is 0.00323. The molecular formula is C19H22N2O5S. The number of anilines is 1. The van der Waals surface area contributed by atoms with E-state index < -0.39 is 10.0 Å². The van der Waals surface area contributed by atoms with Crippen molar-refractivity contribution < 1.29 is 22.7 Å². The van der Waals surface area contributed by atoms with Gasteiger partial charge in [0, 0.05) is 31.3 Å². The lowest BCUT2D eigenvalue weighted by Gasteiger charge is -2.17. The summed E-state index contributed by atoms with van der Waals surface area (Å²) >= 11 is 0. The Morgan fingerprint density at radius 1 is 1.07 bits per heavy atom. The number of rotatable bonds is 7. The Hall–Kier alpha value is -2.58. The smallest absolute Gasteiger partial charge is 0.240 e. The third-order valence-corrected chi connectivity index (χ3v) is 5.92. The average molecular weight is 390 g/mol. The lowest BCUT2D eigenvalue weighted by atomic mass is 10.1. The minimum atomic E-state index is -3.72. The summed E-state index contributed by atoms with van der Waals surface area (Å²) in [6.07, 6.45) is 0.309. The summed E-state index contributed by atoms with van der Waals surface area (Å²) in [6.45, 7) is 0.670. The third-order valence-electron chi connectivity index (χ3n) is 4.50. The summed E-state index contributed by atoms with van der Waals surface area (Å²) in [7, 11) is -0.786. The highest BCUT2D eigenvalue weighted by Crippen LogP contribution is 2.29. The number of methoxy groups -OCH3 is 2. The molecular weight excluding hydrogens is 368 g/mol. The molecule has 1 fully saturated rings. The Labute approximate surface area is 158 Å². The molecule has 1 aliphatic rings. The number of ether oxygens (including phenoxy) is 2. The van der Waals surface area contributed by atoms with Crippen molar-refractivity contribution in [3.63, 3.8) is 0 Å². The second-order valence-corrected chi connectivity index (χ2v) is 8.05. The SMILES string of the molecule is COc1ccc(S(=O)(=O)NC[C@@H]2CC(=O)N(c3ccccc3)C2)cc1OC. The Morgan fingerprint density at radius 2 is 1.78 bits per heavy atom. The van der Waals surface area contributed by atoms with Crippen molar-refractivity contribution in [1.82, 2.24) is 4.72 Å². The Morgan fingerprint density at radius 3 is 2.44 bits per heavy atom. The van der Waals surface area contributed by atoms with Gasteiger partial charge in [-0.05, 0) is 30.2 Å². The number of nitrogens with zero attached hydrogens (tertiary/aromatic N) is 1. The van der Waals surface area contributed by atoms with Gasteiger partial charge in [-0.15, -0.1) is 0 Å². The molecule has 0 spiro atoms. The Bertz CT molecular complexity index is 915. The maximum absolute atomic E-state index is 12.6. The van der Waals surface area contributed by atoms with Crippen molar-refractivity contribution >= 4 is 21.6 Å².